The Morgan fingerprint density at radius 3 is 2.62 bits per heavy atom. The van der Waals surface area contributed by atoms with Crippen LogP contribution in [-0.2, 0) is 11.3 Å². The molecule has 1 aromatic heterocycles. The third-order valence-corrected chi connectivity index (χ3v) is 6.04. The number of thioether (sulfide) groups is 1. The molecule has 1 aliphatic heterocycles. The van der Waals surface area contributed by atoms with Gasteiger partial charge in [-0.25, -0.2) is 0 Å². The summed E-state index contributed by atoms with van der Waals surface area (Å²) < 4.78 is 23.7. The molecule has 1 N–H and O–H groups in total. The molecule has 1 atom stereocenters. The summed E-state index contributed by atoms with van der Waals surface area (Å²) >= 11 is 1.47. The van der Waals surface area contributed by atoms with Crippen LogP contribution >= 0.6 is 11.8 Å². The maximum absolute atomic E-state index is 10.4. The molecule has 170 valence electrons. The Balaban J connectivity index is 1.32. The highest BCUT2D eigenvalue weighted by molar-refractivity contribution is 7.99. The maximum Gasteiger partial charge on any atom is 0.231 e. The Morgan fingerprint density at radius 1 is 1.09 bits per heavy atom. The summed E-state index contributed by atoms with van der Waals surface area (Å²) in [6.07, 6.45) is -0.629. The summed E-state index contributed by atoms with van der Waals surface area (Å²) in [6, 6.07) is 13.6. The van der Waals surface area contributed by atoms with Crippen molar-refractivity contribution in [2.24, 2.45) is 0 Å². The molecule has 1 aliphatic rings. The smallest absolute Gasteiger partial charge is 0.231 e. The quantitative estimate of drug-likeness (QED) is 0.458. The van der Waals surface area contributed by atoms with Gasteiger partial charge in [-0.15, -0.1) is 10.2 Å². The number of benzene rings is 2. The van der Waals surface area contributed by atoms with Crippen LogP contribution in [0.4, 0.5) is 0 Å². The zero-order chi connectivity index (χ0) is 22.5. The molecule has 4 rings (SSSR count). The van der Waals surface area contributed by atoms with Gasteiger partial charge in [-0.2, -0.15) is 0 Å². The molecular formula is C23H27N3O5S. The number of nitrogens with zero attached hydrogens (tertiary/aromatic N) is 3. The number of hydrogen-bond donors (Lipinski definition) is 1. The van der Waals surface area contributed by atoms with Gasteiger partial charge in [-0.05, 0) is 55.8 Å². The summed E-state index contributed by atoms with van der Waals surface area (Å²) in [7, 11) is 1.64. The number of aliphatic hydroxyl groups is 1. The van der Waals surface area contributed by atoms with Crippen molar-refractivity contribution in [3.63, 3.8) is 0 Å². The molecule has 2 aromatic carbocycles. The van der Waals surface area contributed by atoms with Crippen LogP contribution in [0.5, 0.6) is 17.2 Å². The molecule has 0 bridgehead atoms. The van der Waals surface area contributed by atoms with Gasteiger partial charge in [0.2, 0.25) is 6.79 Å². The fourth-order valence-electron chi connectivity index (χ4n) is 3.34. The summed E-state index contributed by atoms with van der Waals surface area (Å²) in [5, 5.41) is 19.9. The van der Waals surface area contributed by atoms with E-state index in [4.69, 9.17) is 18.9 Å². The summed E-state index contributed by atoms with van der Waals surface area (Å²) in [4.78, 5) is 0. The third kappa shape index (κ3) is 5.17. The van der Waals surface area contributed by atoms with Crippen LogP contribution in [0, 0.1) is 0 Å². The van der Waals surface area contributed by atoms with E-state index in [1.165, 1.54) is 11.8 Å². The first-order valence-electron chi connectivity index (χ1n) is 10.4. The van der Waals surface area contributed by atoms with E-state index in [0.29, 0.717) is 12.4 Å². The van der Waals surface area contributed by atoms with E-state index in [1.54, 1.807) is 7.11 Å². The molecule has 9 heteroatoms. The predicted octanol–water partition coefficient (Wildman–Crippen LogP) is 3.93. The molecule has 0 spiro atoms. The van der Waals surface area contributed by atoms with Crippen molar-refractivity contribution in [3.05, 3.63) is 48.0 Å². The summed E-state index contributed by atoms with van der Waals surface area (Å²) in [5.74, 6) is 3.51. The SMILES string of the molecule is COc1ccc(-c2nnc(SC[C@H](O)COCc3ccc4c(c3)OCO4)n2C(C)C)cc1. The van der Waals surface area contributed by atoms with Crippen LogP contribution in [0.1, 0.15) is 25.5 Å². The first kappa shape index (κ1) is 22.4. The molecular weight excluding hydrogens is 430 g/mol. The first-order valence-corrected chi connectivity index (χ1v) is 11.4. The first-order chi connectivity index (χ1) is 15.5. The third-order valence-electron chi connectivity index (χ3n) is 4.95. The normalized spacial score (nSPS) is 13.5. The second-order valence-electron chi connectivity index (χ2n) is 7.67. The number of methoxy groups -OCH3 is 1. The molecule has 32 heavy (non-hydrogen) atoms. The Morgan fingerprint density at radius 2 is 1.88 bits per heavy atom. The average molecular weight is 458 g/mol. The van der Waals surface area contributed by atoms with Gasteiger partial charge in [-0.3, -0.25) is 4.57 Å². The summed E-state index contributed by atoms with van der Waals surface area (Å²) in [5.41, 5.74) is 1.93. The summed E-state index contributed by atoms with van der Waals surface area (Å²) in [6.45, 7) is 5.04. The Hall–Kier alpha value is -2.75. The van der Waals surface area contributed by atoms with Crippen molar-refractivity contribution in [3.8, 4) is 28.6 Å². The standard InChI is InChI=1S/C23H27N3O5S/c1-15(2)26-22(17-5-7-19(28-3)8-6-17)24-25-23(26)32-13-18(27)12-29-11-16-4-9-20-21(10-16)31-14-30-20/h4-10,15,18,27H,11-14H2,1-3H3/t18-/m1/s1. The van der Waals surface area contributed by atoms with Gasteiger partial charge >= 0.3 is 0 Å². The molecule has 0 amide bonds. The van der Waals surface area contributed by atoms with E-state index in [9.17, 15) is 5.11 Å². The molecule has 0 fully saturated rings. The van der Waals surface area contributed by atoms with E-state index in [2.05, 4.69) is 28.6 Å². The highest BCUT2D eigenvalue weighted by Crippen LogP contribution is 2.33. The minimum absolute atomic E-state index is 0.170. The molecule has 0 aliphatic carbocycles. The lowest BCUT2D eigenvalue weighted by molar-refractivity contribution is 0.0397. The van der Waals surface area contributed by atoms with Crippen LogP contribution in [0.15, 0.2) is 47.6 Å². The Bertz CT molecular complexity index is 1040. The minimum atomic E-state index is -0.629. The van der Waals surface area contributed by atoms with E-state index in [-0.39, 0.29) is 19.4 Å². The van der Waals surface area contributed by atoms with Gasteiger partial charge in [0.15, 0.2) is 22.5 Å². The van der Waals surface area contributed by atoms with Crippen LogP contribution in [0.2, 0.25) is 0 Å². The largest absolute Gasteiger partial charge is 0.497 e. The van der Waals surface area contributed by atoms with Crippen LogP contribution in [-0.4, -0.2) is 52.2 Å². The van der Waals surface area contributed by atoms with Gasteiger partial charge in [0.1, 0.15) is 5.75 Å². The zero-order valence-corrected chi connectivity index (χ0v) is 19.2. The lowest BCUT2D eigenvalue weighted by Gasteiger charge is -2.15. The number of fused-ring (bicyclic) bond motifs is 1. The fourth-order valence-corrected chi connectivity index (χ4v) is 4.31. The van der Waals surface area contributed by atoms with E-state index >= 15 is 0 Å². The van der Waals surface area contributed by atoms with Crippen LogP contribution < -0.4 is 14.2 Å². The Kier molecular flexibility index (Phi) is 7.19. The molecule has 0 radical (unpaired) electrons. The minimum Gasteiger partial charge on any atom is -0.497 e. The highest BCUT2D eigenvalue weighted by atomic mass is 32.2. The van der Waals surface area contributed by atoms with Crippen molar-refractivity contribution in [1.29, 1.82) is 0 Å². The van der Waals surface area contributed by atoms with Gasteiger partial charge in [0.05, 0.1) is 26.4 Å². The fraction of sp³-hybridized carbons (Fsp3) is 0.391. The molecule has 3 aromatic rings. The van der Waals surface area contributed by atoms with Gasteiger partial charge < -0.3 is 24.1 Å². The van der Waals surface area contributed by atoms with Crippen molar-refractivity contribution in [2.45, 2.75) is 37.8 Å². The lowest BCUT2D eigenvalue weighted by Crippen LogP contribution is -2.18. The Labute approximate surface area is 191 Å². The van der Waals surface area contributed by atoms with Crippen molar-refractivity contribution >= 4 is 11.8 Å². The van der Waals surface area contributed by atoms with E-state index in [1.807, 2.05) is 42.5 Å². The van der Waals surface area contributed by atoms with Gasteiger partial charge in [-0.1, -0.05) is 17.8 Å². The number of hydrogen-bond acceptors (Lipinski definition) is 8. The van der Waals surface area contributed by atoms with Crippen molar-refractivity contribution in [1.82, 2.24) is 14.8 Å². The van der Waals surface area contributed by atoms with Gasteiger partial charge in [0.25, 0.3) is 0 Å². The van der Waals surface area contributed by atoms with Crippen LogP contribution in [0.3, 0.4) is 0 Å². The van der Waals surface area contributed by atoms with Crippen LogP contribution in [0.25, 0.3) is 11.4 Å². The topological polar surface area (TPSA) is 87.9 Å². The number of ether oxygens (including phenoxy) is 4. The van der Waals surface area contributed by atoms with E-state index < -0.39 is 6.10 Å². The maximum atomic E-state index is 10.4. The second kappa shape index (κ2) is 10.2. The molecule has 8 nitrogen and oxygen atoms in total. The monoisotopic (exact) mass is 457 g/mol. The average Bonchev–Trinajstić information content (AvgIpc) is 3.44. The number of rotatable bonds is 10. The lowest BCUT2D eigenvalue weighted by atomic mass is 10.2. The molecule has 0 unspecified atom stereocenters. The number of aromatic nitrogens is 3. The van der Waals surface area contributed by atoms with Gasteiger partial charge in [0, 0.05) is 17.4 Å². The van der Waals surface area contributed by atoms with Crippen molar-refractivity contribution < 1.29 is 24.1 Å². The molecule has 2 heterocycles. The number of aliphatic hydroxyl groups excluding tert-OH is 1. The molecule has 0 saturated heterocycles. The van der Waals surface area contributed by atoms with Crippen molar-refractivity contribution in [2.75, 3.05) is 26.3 Å². The zero-order valence-electron chi connectivity index (χ0n) is 18.4. The predicted molar refractivity (Wildman–Crippen MR) is 121 cm³/mol. The highest BCUT2D eigenvalue weighted by Gasteiger charge is 2.18. The second-order valence-corrected chi connectivity index (χ2v) is 8.65. The van der Waals surface area contributed by atoms with E-state index in [0.717, 1.165) is 39.4 Å². The molecule has 0 saturated carbocycles.